The lowest BCUT2D eigenvalue weighted by Gasteiger charge is -2.18. The van der Waals surface area contributed by atoms with Gasteiger partial charge in [-0.05, 0) is 11.1 Å². The Kier molecular flexibility index (Phi) is 6.77. The minimum absolute atomic E-state index is 0.00843. The SMILES string of the molecule is CC(=O)OC[C@H]1O[C@H]1CC(OCc1ccccc1)OCc1ccccc1. The zero-order valence-corrected chi connectivity index (χ0v) is 14.9. The third kappa shape index (κ3) is 6.26. The maximum Gasteiger partial charge on any atom is 0.302 e. The molecule has 5 nitrogen and oxygen atoms in total. The fourth-order valence-corrected chi connectivity index (χ4v) is 2.63. The number of carbonyl (C=O) groups is 1. The van der Waals surface area contributed by atoms with Crippen molar-refractivity contribution in [1.29, 1.82) is 0 Å². The smallest absolute Gasteiger partial charge is 0.302 e. The Balaban J connectivity index is 1.50. The van der Waals surface area contributed by atoms with Crippen molar-refractivity contribution in [2.75, 3.05) is 6.61 Å². The van der Waals surface area contributed by atoms with Crippen LogP contribution in [0, 0.1) is 0 Å². The molecular formula is C21H24O5. The molecule has 0 aliphatic carbocycles. The Morgan fingerprint density at radius 1 is 0.923 bits per heavy atom. The number of epoxide rings is 1. The van der Waals surface area contributed by atoms with Gasteiger partial charge in [0.25, 0.3) is 0 Å². The third-order valence-electron chi connectivity index (χ3n) is 4.12. The summed E-state index contributed by atoms with van der Waals surface area (Å²) in [7, 11) is 0. The molecule has 26 heavy (non-hydrogen) atoms. The predicted octanol–water partition coefficient (Wildman–Crippen LogP) is 3.47. The molecule has 2 aromatic rings. The fourth-order valence-electron chi connectivity index (χ4n) is 2.63. The first-order valence-electron chi connectivity index (χ1n) is 8.80. The monoisotopic (exact) mass is 356 g/mol. The number of esters is 1. The summed E-state index contributed by atoms with van der Waals surface area (Å²) in [5.41, 5.74) is 2.18. The molecule has 2 aromatic carbocycles. The van der Waals surface area contributed by atoms with Crippen molar-refractivity contribution in [2.24, 2.45) is 0 Å². The fraction of sp³-hybridized carbons (Fsp3) is 0.381. The van der Waals surface area contributed by atoms with Crippen LogP contribution < -0.4 is 0 Å². The third-order valence-corrected chi connectivity index (χ3v) is 4.12. The summed E-state index contributed by atoms with van der Waals surface area (Å²) in [6, 6.07) is 20.0. The lowest BCUT2D eigenvalue weighted by molar-refractivity contribution is -0.162. The topological polar surface area (TPSA) is 57.3 Å². The molecule has 138 valence electrons. The molecule has 0 spiro atoms. The number of hydrogen-bond donors (Lipinski definition) is 0. The average molecular weight is 356 g/mol. The number of benzene rings is 2. The van der Waals surface area contributed by atoms with E-state index in [4.69, 9.17) is 18.9 Å². The Labute approximate surface area is 153 Å². The van der Waals surface area contributed by atoms with Gasteiger partial charge in [0.2, 0.25) is 0 Å². The molecule has 0 bridgehead atoms. The minimum atomic E-state index is -0.386. The second kappa shape index (κ2) is 9.48. The maximum absolute atomic E-state index is 10.9. The second-order valence-electron chi connectivity index (χ2n) is 6.27. The zero-order valence-electron chi connectivity index (χ0n) is 14.9. The summed E-state index contributed by atoms with van der Waals surface area (Å²) in [5, 5.41) is 0. The van der Waals surface area contributed by atoms with Gasteiger partial charge in [-0.2, -0.15) is 0 Å². The van der Waals surface area contributed by atoms with Crippen LogP contribution in [0.4, 0.5) is 0 Å². The van der Waals surface area contributed by atoms with E-state index in [9.17, 15) is 4.79 Å². The van der Waals surface area contributed by atoms with Crippen molar-refractivity contribution in [2.45, 2.75) is 45.1 Å². The highest BCUT2D eigenvalue weighted by Crippen LogP contribution is 2.28. The second-order valence-corrected chi connectivity index (χ2v) is 6.27. The average Bonchev–Trinajstić information content (AvgIpc) is 3.42. The first kappa shape index (κ1) is 18.6. The number of ether oxygens (including phenoxy) is 4. The molecule has 0 radical (unpaired) electrons. The molecule has 1 saturated heterocycles. The molecule has 1 fully saturated rings. The number of hydrogen-bond acceptors (Lipinski definition) is 5. The largest absolute Gasteiger partial charge is 0.463 e. The van der Waals surface area contributed by atoms with Crippen LogP contribution in [0.25, 0.3) is 0 Å². The van der Waals surface area contributed by atoms with E-state index in [-0.39, 0.29) is 31.1 Å². The zero-order chi connectivity index (χ0) is 18.2. The van der Waals surface area contributed by atoms with Crippen LogP contribution in [-0.4, -0.2) is 31.1 Å². The van der Waals surface area contributed by atoms with E-state index in [0.717, 1.165) is 11.1 Å². The van der Waals surface area contributed by atoms with Crippen LogP contribution in [-0.2, 0) is 37.0 Å². The van der Waals surface area contributed by atoms with Crippen LogP contribution in [0.5, 0.6) is 0 Å². The molecule has 1 aliphatic rings. The van der Waals surface area contributed by atoms with Gasteiger partial charge < -0.3 is 18.9 Å². The highest BCUT2D eigenvalue weighted by Gasteiger charge is 2.41. The van der Waals surface area contributed by atoms with Crippen molar-refractivity contribution in [1.82, 2.24) is 0 Å². The van der Waals surface area contributed by atoms with E-state index in [2.05, 4.69) is 0 Å². The van der Waals surface area contributed by atoms with Crippen LogP contribution >= 0.6 is 0 Å². The van der Waals surface area contributed by atoms with Crippen molar-refractivity contribution in [3.63, 3.8) is 0 Å². The molecule has 2 atom stereocenters. The molecule has 1 heterocycles. The van der Waals surface area contributed by atoms with Gasteiger partial charge >= 0.3 is 5.97 Å². The summed E-state index contributed by atoms with van der Waals surface area (Å²) < 4.78 is 22.5. The van der Waals surface area contributed by atoms with Gasteiger partial charge in [-0.3, -0.25) is 4.79 Å². The minimum Gasteiger partial charge on any atom is -0.463 e. The van der Waals surface area contributed by atoms with E-state index in [1.807, 2.05) is 60.7 Å². The normalized spacial score (nSPS) is 18.7. The molecule has 0 N–H and O–H groups in total. The number of carbonyl (C=O) groups excluding carboxylic acids is 1. The Bertz CT molecular complexity index is 630. The Hall–Kier alpha value is -2.21. The molecule has 5 heteroatoms. The van der Waals surface area contributed by atoms with Crippen LogP contribution in [0.1, 0.15) is 24.5 Å². The lowest BCUT2D eigenvalue weighted by atomic mass is 10.2. The van der Waals surface area contributed by atoms with E-state index in [1.165, 1.54) is 6.92 Å². The summed E-state index contributed by atoms with van der Waals surface area (Å²) in [4.78, 5) is 10.9. The van der Waals surface area contributed by atoms with Crippen molar-refractivity contribution >= 4 is 5.97 Å². The predicted molar refractivity (Wildman–Crippen MR) is 96.2 cm³/mol. The van der Waals surface area contributed by atoms with Crippen molar-refractivity contribution in [3.05, 3.63) is 71.8 Å². The molecule has 0 saturated carbocycles. The summed E-state index contributed by atoms with van der Waals surface area (Å²) in [6.07, 6.45) is 0.140. The molecule has 1 aliphatic heterocycles. The molecule has 0 amide bonds. The first-order valence-corrected chi connectivity index (χ1v) is 8.80. The van der Waals surface area contributed by atoms with Crippen LogP contribution in [0.15, 0.2) is 60.7 Å². The molecule has 3 rings (SSSR count). The van der Waals surface area contributed by atoms with Gasteiger partial charge in [-0.25, -0.2) is 0 Å². The quantitative estimate of drug-likeness (QED) is 0.371. The van der Waals surface area contributed by atoms with Gasteiger partial charge in [0.05, 0.1) is 19.3 Å². The summed E-state index contributed by atoms with van der Waals surface area (Å²) >= 11 is 0. The first-order chi connectivity index (χ1) is 12.7. The van der Waals surface area contributed by atoms with E-state index < -0.39 is 0 Å². The van der Waals surface area contributed by atoms with E-state index in [1.54, 1.807) is 0 Å². The molecule has 0 aromatic heterocycles. The van der Waals surface area contributed by atoms with Gasteiger partial charge in [0.15, 0.2) is 6.29 Å². The Morgan fingerprint density at radius 2 is 1.46 bits per heavy atom. The Morgan fingerprint density at radius 3 is 1.96 bits per heavy atom. The van der Waals surface area contributed by atoms with Gasteiger partial charge in [0, 0.05) is 13.3 Å². The summed E-state index contributed by atoms with van der Waals surface area (Å²) in [6.45, 7) is 2.62. The van der Waals surface area contributed by atoms with E-state index >= 15 is 0 Å². The highest BCUT2D eigenvalue weighted by atomic mass is 16.7. The number of rotatable bonds is 10. The maximum atomic E-state index is 10.9. The van der Waals surface area contributed by atoms with Gasteiger partial charge in [-0.1, -0.05) is 60.7 Å². The summed E-state index contributed by atoms with van der Waals surface area (Å²) in [5.74, 6) is -0.295. The van der Waals surface area contributed by atoms with Gasteiger partial charge in [0.1, 0.15) is 12.7 Å². The standard InChI is InChI=1S/C21H24O5/c1-16(22)23-15-20-19(26-20)12-21(24-13-17-8-4-2-5-9-17)25-14-18-10-6-3-7-11-18/h2-11,19-21H,12-15H2,1H3/t19-,20+/m0/s1. The molecular weight excluding hydrogens is 332 g/mol. The molecule has 0 unspecified atom stereocenters. The van der Waals surface area contributed by atoms with Crippen molar-refractivity contribution in [3.8, 4) is 0 Å². The van der Waals surface area contributed by atoms with E-state index in [0.29, 0.717) is 19.6 Å². The van der Waals surface area contributed by atoms with Gasteiger partial charge in [-0.15, -0.1) is 0 Å². The lowest BCUT2D eigenvalue weighted by Crippen LogP contribution is -2.21. The van der Waals surface area contributed by atoms with Crippen LogP contribution in [0.2, 0.25) is 0 Å². The van der Waals surface area contributed by atoms with Crippen molar-refractivity contribution < 1.29 is 23.7 Å². The van der Waals surface area contributed by atoms with Crippen LogP contribution in [0.3, 0.4) is 0 Å². The highest BCUT2D eigenvalue weighted by molar-refractivity contribution is 5.65.